The van der Waals surface area contributed by atoms with Gasteiger partial charge in [-0.2, -0.15) is 0 Å². The zero-order valence-corrected chi connectivity index (χ0v) is 15.5. The predicted octanol–water partition coefficient (Wildman–Crippen LogP) is 3.64. The third-order valence-corrected chi connectivity index (χ3v) is 6.13. The van der Waals surface area contributed by atoms with Gasteiger partial charge in [0, 0.05) is 6.54 Å². The van der Waals surface area contributed by atoms with Crippen molar-refractivity contribution < 1.29 is 4.79 Å². The summed E-state index contributed by atoms with van der Waals surface area (Å²) in [5, 5.41) is 15.2. The molecule has 0 saturated carbocycles. The monoisotopic (exact) mass is 362 g/mol. The number of fused-ring (bicyclic) bond motifs is 1. The lowest BCUT2D eigenvalue weighted by Gasteiger charge is -2.27. The third kappa shape index (κ3) is 4.08. The molecule has 1 aromatic carbocycles. The van der Waals surface area contributed by atoms with Crippen molar-refractivity contribution >= 4 is 34.1 Å². The number of thioether (sulfide) groups is 1. The molecule has 0 spiro atoms. The number of rotatable bonds is 6. The van der Waals surface area contributed by atoms with Crippen LogP contribution in [0.5, 0.6) is 0 Å². The Morgan fingerprint density at radius 1 is 1.42 bits per heavy atom. The average Bonchev–Trinajstić information content (AvgIpc) is 3.02. The average molecular weight is 363 g/mol. The molecular formula is C17H22N4OS2. The molecule has 0 radical (unpaired) electrons. The van der Waals surface area contributed by atoms with E-state index in [9.17, 15) is 4.79 Å². The smallest absolute Gasteiger partial charge is 0.233 e. The molecule has 3 rings (SSSR count). The van der Waals surface area contributed by atoms with Gasteiger partial charge < -0.3 is 10.6 Å². The van der Waals surface area contributed by atoms with Gasteiger partial charge in [0.2, 0.25) is 11.0 Å². The van der Waals surface area contributed by atoms with Crippen molar-refractivity contribution in [3.63, 3.8) is 0 Å². The number of benzene rings is 1. The Morgan fingerprint density at radius 2 is 2.25 bits per heavy atom. The minimum Gasteiger partial charge on any atom is -0.360 e. The molecule has 1 aromatic heterocycles. The molecule has 5 nitrogen and oxygen atoms in total. The number of hydrogen-bond acceptors (Lipinski definition) is 6. The van der Waals surface area contributed by atoms with E-state index in [0.29, 0.717) is 0 Å². The van der Waals surface area contributed by atoms with E-state index in [1.54, 1.807) is 0 Å². The van der Waals surface area contributed by atoms with Crippen LogP contribution in [0.25, 0.3) is 0 Å². The Balaban J connectivity index is 1.60. The van der Waals surface area contributed by atoms with Crippen LogP contribution in [0.3, 0.4) is 0 Å². The summed E-state index contributed by atoms with van der Waals surface area (Å²) in [6.45, 7) is 4.76. The summed E-state index contributed by atoms with van der Waals surface area (Å²) < 4.78 is 0.817. The standard InChI is InChI=1S/C17H22N4OS2/c1-3-18-16-20-21-17(24-16)23-11(2)15(22)19-14-10-6-8-12-7-4-5-9-13(12)14/h4-5,7,9,11,14H,3,6,8,10H2,1-2H3,(H,18,20)(H,19,22)/t11-,14+/m0/s1. The molecule has 2 aromatic rings. The molecule has 24 heavy (non-hydrogen) atoms. The zero-order valence-electron chi connectivity index (χ0n) is 13.9. The minimum absolute atomic E-state index is 0.0573. The van der Waals surface area contributed by atoms with Crippen molar-refractivity contribution in [1.82, 2.24) is 15.5 Å². The first-order valence-electron chi connectivity index (χ1n) is 8.29. The van der Waals surface area contributed by atoms with E-state index in [4.69, 9.17) is 0 Å². The highest BCUT2D eigenvalue weighted by Crippen LogP contribution is 2.32. The quantitative estimate of drug-likeness (QED) is 0.768. The first-order chi connectivity index (χ1) is 11.7. The van der Waals surface area contributed by atoms with E-state index >= 15 is 0 Å². The number of nitrogens with one attached hydrogen (secondary N) is 2. The number of hydrogen-bond donors (Lipinski definition) is 2. The number of aromatic nitrogens is 2. The molecule has 7 heteroatoms. The first-order valence-corrected chi connectivity index (χ1v) is 9.99. The van der Waals surface area contributed by atoms with Crippen molar-refractivity contribution in [2.45, 2.75) is 48.7 Å². The highest BCUT2D eigenvalue weighted by Gasteiger charge is 2.24. The van der Waals surface area contributed by atoms with Crippen LogP contribution in [0.4, 0.5) is 5.13 Å². The molecular weight excluding hydrogens is 340 g/mol. The fourth-order valence-electron chi connectivity index (χ4n) is 2.88. The number of carbonyl (C=O) groups excluding carboxylic acids is 1. The third-order valence-electron chi connectivity index (χ3n) is 4.07. The predicted molar refractivity (Wildman–Crippen MR) is 99.7 cm³/mol. The lowest BCUT2D eigenvalue weighted by Crippen LogP contribution is -2.35. The van der Waals surface area contributed by atoms with E-state index in [0.717, 1.165) is 35.3 Å². The number of amides is 1. The molecule has 2 N–H and O–H groups in total. The summed E-state index contributed by atoms with van der Waals surface area (Å²) in [6.07, 6.45) is 3.22. The molecule has 1 aliphatic carbocycles. The van der Waals surface area contributed by atoms with Crippen LogP contribution < -0.4 is 10.6 Å². The molecule has 0 bridgehead atoms. The molecule has 2 atom stereocenters. The van der Waals surface area contributed by atoms with Crippen molar-refractivity contribution in [3.05, 3.63) is 35.4 Å². The van der Waals surface area contributed by atoms with Crippen LogP contribution in [-0.2, 0) is 11.2 Å². The summed E-state index contributed by atoms with van der Waals surface area (Å²) in [5.74, 6) is 0.0573. The lowest BCUT2D eigenvalue weighted by molar-refractivity contribution is -0.121. The van der Waals surface area contributed by atoms with Gasteiger partial charge in [-0.1, -0.05) is 47.4 Å². The lowest BCUT2D eigenvalue weighted by atomic mass is 9.88. The Morgan fingerprint density at radius 3 is 3.08 bits per heavy atom. The fourth-order valence-corrected chi connectivity index (χ4v) is 4.85. The number of aryl methyl sites for hydroxylation is 1. The van der Waals surface area contributed by atoms with Crippen molar-refractivity contribution in [1.29, 1.82) is 0 Å². The van der Waals surface area contributed by atoms with Crippen LogP contribution in [0.1, 0.15) is 43.9 Å². The molecule has 0 fully saturated rings. The van der Waals surface area contributed by atoms with Crippen molar-refractivity contribution in [2.75, 3.05) is 11.9 Å². The first kappa shape index (κ1) is 17.2. The SMILES string of the molecule is CCNc1nnc(S[C@@H](C)C(=O)N[C@@H]2CCCc3ccccc32)s1. The normalized spacial score (nSPS) is 17.8. The summed E-state index contributed by atoms with van der Waals surface area (Å²) in [5.41, 5.74) is 2.62. The number of anilines is 1. The van der Waals surface area contributed by atoms with Crippen LogP contribution >= 0.6 is 23.1 Å². The van der Waals surface area contributed by atoms with E-state index in [2.05, 4.69) is 39.0 Å². The summed E-state index contributed by atoms with van der Waals surface area (Å²) in [4.78, 5) is 12.6. The molecule has 0 unspecified atom stereocenters. The van der Waals surface area contributed by atoms with Gasteiger partial charge in [0.05, 0.1) is 11.3 Å². The largest absolute Gasteiger partial charge is 0.360 e. The Hall–Kier alpha value is -1.60. The van der Waals surface area contributed by atoms with Gasteiger partial charge in [-0.3, -0.25) is 4.79 Å². The number of carbonyl (C=O) groups is 1. The molecule has 1 amide bonds. The van der Waals surface area contributed by atoms with Crippen molar-refractivity contribution in [2.24, 2.45) is 0 Å². The minimum atomic E-state index is -0.193. The summed E-state index contributed by atoms with van der Waals surface area (Å²) in [6, 6.07) is 8.53. The van der Waals surface area contributed by atoms with Gasteiger partial charge in [-0.05, 0) is 44.2 Å². The van der Waals surface area contributed by atoms with Gasteiger partial charge in [0.1, 0.15) is 0 Å². The molecule has 1 heterocycles. The molecule has 0 saturated heterocycles. The summed E-state index contributed by atoms with van der Waals surface area (Å²) in [7, 11) is 0. The Bertz CT molecular complexity index is 703. The maximum absolute atomic E-state index is 12.6. The highest BCUT2D eigenvalue weighted by atomic mass is 32.2. The fraction of sp³-hybridized carbons (Fsp3) is 0.471. The molecule has 128 valence electrons. The van der Waals surface area contributed by atoms with Gasteiger partial charge in [-0.25, -0.2) is 0 Å². The molecule has 0 aliphatic heterocycles. The van der Waals surface area contributed by atoms with Crippen LogP contribution in [0.15, 0.2) is 28.6 Å². The van der Waals surface area contributed by atoms with Gasteiger partial charge in [-0.15, -0.1) is 10.2 Å². The second-order valence-electron chi connectivity index (χ2n) is 5.82. The van der Waals surface area contributed by atoms with Crippen molar-refractivity contribution in [3.8, 4) is 0 Å². The Kier molecular flexibility index (Phi) is 5.73. The van der Waals surface area contributed by atoms with Crippen LogP contribution in [-0.4, -0.2) is 27.9 Å². The number of nitrogens with zero attached hydrogens (tertiary/aromatic N) is 2. The summed E-state index contributed by atoms with van der Waals surface area (Å²) >= 11 is 2.95. The van der Waals surface area contributed by atoms with E-state index in [1.807, 2.05) is 19.9 Å². The van der Waals surface area contributed by atoms with E-state index < -0.39 is 0 Å². The molecule has 1 aliphatic rings. The van der Waals surface area contributed by atoms with Crippen LogP contribution in [0.2, 0.25) is 0 Å². The zero-order chi connectivity index (χ0) is 16.9. The maximum atomic E-state index is 12.6. The van der Waals surface area contributed by atoms with E-state index in [1.165, 1.54) is 34.2 Å². The van der Waals surface area contributed by atoms with E-state index in [-0.39, 0.29) is 17.2 Å². The van der Waals surface area contributed by atoms with Gasteiger partial charge in [0.15, 0.2) is 4.34 Å². The second kappa shape index (κ2) is 7.98. The highest BCUT2D eigenvalue weighted by molar-refractivity contribution is 8.02. The topological polar surface area (TPSA) is 66.9 Å². The van der Waals surface area contributed by atoms with Crippen LogP contribution in [0, 0.1) is 0 Å². The Labute approximate surface area is 150 Å². The van der Waals surface area contributed by atoms with Gasteiger partial charge in [0.25, 0.3) is 0 Å². The second-order valence-corrected chi connectivity index (χ2v) is 8.38. The maximum Gasteiger partial charge on any atom is 0.233 e. The van der Waals surface area contributed by atoms with Gasteiger partial charge >= 0.3 is 0 Å².